The number of phosphoric acid groups is 1. The number of carbonyl (C=O) groups is 4. The predicted molar refractivity (Wildman–Crippen MR) is 169 cm³/mol. The van der Waals surface area contributed by atoms with Gasteiger partial charge in [-0.3, -0.25) is 29.6 Å². The summed E-state index contributed by atoms with van der Waals surface area (Å²) in [5.74, 6) is -1.76. The minimum absolute atomic E-state index is 0.0131. The Labute approximate surface area is 270 Å². The maximum atomic E-state index is 13.4. The first-order valence-electron chi connectivity index (χ1n) is 14.7. The van der Waals surface area contributed by atoms with Crippen molar-refractivity contribution in [1.29, 1.82) is 5.41 Å². The average Bonchev–Trinajstić information content (AvgIpc) is 3.74. The highest BCUT2D eigenvalue weighted by atomic mass is 31.2. The zero-order valence-electron chi connectivity index (χ0n) is 26.0. The molecule has 1 aromatic heterocycles. The van der Waals surface area contributed by atoms with Crippen molar-refractivity contribution in [3.8, 4) is 5.75 Å². The molecule has 47 heavy (non-hydrogen) atoms. The fourth-order valence-corrected chi connectivity index (χ4v) is 4.86. The molecule has 2 aromatic carbocycles. The van der Waals surface area contributed by atoms with Gasteiger partial charge in [0.1, 0.15) is 11.6 Å². The van der Waals surface area contributed by atoms with E-state index in [9.17, 15) is 23.7 Å². The summed E-state index contributed by atoms with van der Waals surface area (Å²) >= 11 is 0. The van der Waals surface area contributed by atoms with Crippen LogP contribution in [0.5, 0.6) is 5.75 Å². The Bertz CT molecular complexity index is 1710. The Morgan fingerprint density at radius 3 is 2.40 bits per heavy atom. The van der Waals surface area contributed by atoms with Crippen LogP contribution in [0.1, 0.15) is 69.3 Å². The van der Waals surface area contributed by atoms with Gasteiger partial charge in [0, 0.05) is 30.0 Å². The molecule has 250 valence electrons. The smallest absolute Gasteiger partial charge is 0.428 e. The summed E-state index contributed by atoms with van der Waals surface area (Å²) in [6.45, 7) is 4.49. The first-order chi connectivity index (χ1) is 22.3. The number of anilines is 1. The molecule has 1 saturated carbocycles. The van der Waals surface area contributed by atoms with Crippen LogP contribution in [0, 0.1) is 19.3 Å². The molecule has 3 aromatic rings. The molecule has 4 rings (SSSR count). The first-order valence-corrected chi connectivity index (χ1v) is 16.2. The lowest BCUT2D eigenvalue weighted by Crippen LogP contribution is -2.38. The molecule has 6 N–H and O–H groups in total. The number of aromatic nitrogens is 1. The average molecular weight is 670 g/mol. The number of nitrogens with zero attached hydrogens (tertiary/aromatic N) is 1. The highest BCUT2D eigenvalue weighted by molar-refractivity contribution is 7.46. The summed E-state index contributed by atoms with van der Waals surface area (Å²) in [6.07, 6.45) is 2.47. The largest absolute Gasteiger partial charge is 0.524 e. The van der Waals surface area contributed by atoms with Crippen molar-refractivity contribution in [3.63, 3.8) is 0 Å². The normalized spacial score (nSPS) is 12.5. The topological polar surface area (TPSA) is 220 Å². The zero-order chi connectivity index (χ0) is 34.3. The van der Waals surface area contributed by atoms with Crippen LogP contribution in [0.2, 0.25) is 0 Å². The second-order valence-electron chi connectivity index (χ2n) is 10.9. The molecule has 0 aliphatic heterocycles. The van der Waals surface area contributed by atoms with E-state index in [4.69, 9.17) is 24.7 Å². The Kier molecular flexibility index (Phi) is 11.2. The number of amides is 3. The number of ether oxygens (including phenoxy) is 2. The zero-order valence-corrected chi connectivity index (χ0v) is 26.9. The fourth-order valence-electron chi connectivity index (χ4n) is 4.46. The number of nitrogens with one attached hydrogen (secondary N) is 4. The molecule has 16 heteroatoms. The lowest BCUT2D eigenvalue weighted by atomic mass is 10.1. The van der Waals surface area contributed by atoms with Crippen molar-refractivity contribution in [2.45, 2.75) is 52.5 Å². The highest BCUT2D eigenvalue weighted by Crippen LogP contribution is 2.37. The number of phosphoric ester groups is 1. The van der Waals surface area contributed by atoms with Crippen molar-refractivity contribution in [2.24, 2.45) is 0 Å². The van der Waals surface area contributed by atoms with E-state index < -0.39 is 32.6 Å². The molecule has 0 spiro atoms. The monoisotopic (exact) mass is 669 g/mol. The standard InChI is InChI=1S/C31H36N5O10P/c1-4-13-36(31(40)45-17-44-26(37)14-20-6-11-23(12-7-20)46-47(41,42)43)30(39)24-16-33-27(19(24)3)28(32)35-25-15-21(8-5-18(25)2)29(38)34-22-9-10-22/h5-8,11-12,15-16,22,33H,4,9-10,13-14,17H2,1-3H3,(H2,32,35)(H,34,38)(H2,41,42,43). The summed E-state index contributed by atoms with van der Waals surface area (Å²) in [7, 11) is -4.72. The minimum atomic E-state index is -4.72. The molecule has 3 amide bonds. The maximum Gasteiger partial charge on any atom is 0.524 e. The van der Waals surface area contributed by atoms with Crippen LogP contribution in [0.15, 0.2) is 48.7 Å². The van der Waals surface area contributed by atoms with Gasteiger partial charge in [-0.1, -0.05) is 25.1 Å². The first kappa shape index (κ1) is 34.9. The van der Waals surface area contributed by atoms with Gasteiger partial charge < -0.3 is 29.6 Å². The van der Waals surface area contributed by atoms with Gasteiger partial charge in [-0.25, -0.2) is 14.3 Å². The highest BCUT2D eigenvalue weighted by Gasteiger charge is 2.28. The Morgan fingerprint density at radius 2 is 1.77 bits per heavy atom. The Morgan fingerprint density at radius 1 is 1.06 bits per heavy atom. The molecule has 0 bridgehead atoms. The number of aromatic amines is 1. The molecule has 1 fully saturated rings. The third-order valence-corrected chi connectivity index (χ3v) is 7.55. The lowest BCUT2D eigenvalue weighted by Gasteiger charge is -2.19. The second-order valence-corrected chi connectivity index (χ2v) is 12.0. The van der Waals surface area contributed by atoms with Crippen molar-refractivity contribution in [3.05, 3.63) is 82.2 Å². The van der Waals surface area contributed by atoms with E-state index in [0.29, 0.717) is 34.5 Å². The third-order valence-electron chi connectivity index (χ3n) is 7.10. The van der Waals surface area contributed by atoms with E-state index >= 15 is 0 Å². The van der Waals surface area contributed by atoms with Crippen LogP contribution in [0.3, 0.4) is 0 Å². The molecule has 0 saturated heterocycles. The SMILES string of the molecule is CCCN(C(=O)OCOC(=O)Cc1ccc(OP(=O)(O)O)cc1)C(=O)c1c[nH]c(C(=N)Nc2cc(C(=O)NC3CC3)ccc2C)c1C. The number of H-pyrrole nitrogens is 1. The van der Waals surface area contributed by atoms with Gasteiger partial charge in [0.2, 0.25) is 6.79 Å². The van der Waals surface area contributed by atoms with E-state index in [1.807, 2.05) is 6.92 Å². The van der Waals surface area contributed by atoms with E-state index in [1.54, 1.807) is 32.0 Å². The summed E-state index contributed by atoms with van der Waals surface area (Å²) in [4.78, 5) is 72.5. The lowest BCUT2D eigenvalue weighted by molar-refractivity contribution is -0.151. The Balaban J connectivity index is 1.34. The van der Waals surface area contributed by atoms with Crippen molar-refractivity contribution < 1.29 is 47.5 Å². The summed E-state index contributed by atoms with van der Waals surface area (Å²) in [6, 6.07) is 10.7. The van der Waals surface area contributed by atoms with E-state index in [0.717, 1.165) is 23.3 Å². The van der Waals surface area contributed by atoms with Gasteiger partial charge in [0.25, 0.3) is 11.8 Å². The number of aryl methyl sites for hydroxylation is 1. The molecule has 0 atom stereocenters. The summed E-state index contributed by atoms with van der Waals surface area (Å²) in [5, 5.41) is 14.6. The quantitative estimate of drug-likeness (QED) is 0.0499. The molecule has 15 nitrogen and oxygen atoms in total. The van der Waals surface area contributed by atoms with Crippen LogP contribution < -0.4 is 15.2 Å². The molecular weight excluding hydrogens is 633 g/mol. The number of hydrogen-bond donors (Lipinski definition) is 6. The molecule has 0 unspecified atom stereocenters. The molecule has 1 aliphatic carbocycles. The number of esters is 1. The van der Waals surface area contributed by atoms with Crippen LogP contribution in [0.25, 0.3) is 0 Å². The van der Waals surface area contributed by atoms with Crippen molar-refractivity contribution in [2.75, 3.05) is 18.7 Å². The number of benzene rings is 2. The van der Waals surface area contributed by atoms with Gasteiger partial charge in [0.15, 0.2) is 0 Å². The van der Waals surface area contributed by atoms with Crippen molar-refractivity contribution in [1.82, 2.24) is 15.2 Å². The van der Waals surface area contributed by atoms with Gasteiger partial charge in [0.05, 0.1) is 17.7 Å². The van der Waals surface area contributed by atoms with Crippen LogP contribution in [-0.2, 0) is 25.3 Å². The van der Waals surface area contributed by atoms with Gasteiger partial charge in [-0.2, -0.15) is 0 Å². The number of amidine groups is 1. The molecule has 1 aliphatic rings. The van der Waals surface area contributed by atoms with Crippen LogP contribution in [-0.4, -0.2) is 68.8 Å². The molecule has 0 radical (unpaired) electrons. The Hall–Kier alpha value is -4.98. The number of hydrogen-bond acceptors (Lipinski definition) is 9. The van der Waals surface area contributed by atoms with E-state index in [2.05, 4.69) is 20.1 Å². The maximum absolute atomic E-state index is 13.4. The number of imide groups is 1. The predicted octanol–water partition coefficient (Wildman–Crippen LogP) is 4.16. The van der Waals surface area contributed by atoms with Crippen LogP contribution in [0.4, 0.5) is 10.5 Å². The van der Waals surface area contributed by atoms with Gasteiger partial charge in [-0.05, 0) is 74.1 Å². The van der Waals surface area contributed by atoms with Crippen LogP contribution >= 0.6 is 7.82 Å². The molecule has 1 heterocycles. The second kappa shape index (κ2) is 15.1. The summed E-state index contributed by atoms with van der Waals surface area (Å²) < 4.78 is 25.4. The minimum Gasteiger partial charge on any atom is -0.428 e. The summed E-state index contributed by atoms with van der Waals surface area (Å²) in [5.41, 5.74) is 3.11. The third kappa shape index (κ3) is 9.75. The van der Waals surface area contributed by atoms with Gasteiger partial charge in [-0.15, -0.1) is 0 Å². The molecular formula is C31H36N5O10P. The number of carbonyl (C=O) groups excluding carboxylic acids is 4. The van der Waals surface area contributed by atoms with E-state index in [-0.39, 0.29) is 42.1 Å². The van der Waals surface area contributed by atoms with Crippen molar-refractivity contribution >= 4 is 43.2 Å². The van der Waals surface area contributed by atoms with Gasteiger partial charge >= 0.3 is 19.9 Å². The van der Waals surface area contributed by atoms with E-state index in [1.165, 1.54) is 30.5 Å². The number of rotatable bonds is 13. The fraction of sp³-hybridized carbons (Fsp3) is 0.323.